The third kappa shape index (κ3) is 3.71. The summed E-state index contributed by atoms with van der Waals surface area (Å²) in [5.41, 5.74) is 1.91. The van der Waals surface area contributed by atoms with Crippen LogP contribution in [-0.2, 0) is 11.3 Å². The van der Waals surface area contributed by atoms with Crippen LogP contribution in [-0.4, -0.2) is 31.4 Å². The Morgan fingerprint density at radius 2 is 1.92 bits per heavy atom. The number of anilines is 1. The van der Waals surface area contributed by atoms with Gasteiger partial charge in [-0.25, -0.2) is 4.39 Å². The third-order valence-electron chi connectivity index (χ3n) is 3.91. The molecular weight excluding hydrogens is 309 g/mol. The second-order valence-electron chi connectivity index (χ2n) is 5.60. The van der Waals surface area contributed by atoms with Gasteiger partial charge in [0.15, 0.2) is 0 Å². The number of halogens is 1. The Labute approximate surface area is 139 Å². The van der Waals surface area contributed by atoms with Crippen molar-refractivity contribution >= 4 is 17.5 Å². The van der Waals surface area contributed by atoms with Crippen LogP contribution in [0.2, 0.25) is 0 Å². The van der Waals surface area contributed by atoms with Crippen molar-refractivity contribution in [2.24, 2.45) is 0 Å². The van der Waals surface area contributed by atoms with Gasteiger partial charge >= 0.3 is 0 Å². The molecule has 0 aliphatic carbocycles. The Kier molecular flexibility index (Phi) is 4.74. The first-order valence-electron chi connectivity index (χ1n) is 7.77. The van der Waals surface area contributed by atoms with Crippen LogP contribution < -0.4 is 15.5 Å². The minimum absolute atomic E-state index is 0.0162. The minimum Gasteiger partial charge on any atom is -0.360 e. The van der Waals surface area contributed by atoms with Gasteiger partial charge in [0.25, 0.3) is 5.91 Å². The monoisotopic (exact) mass is 327 g/mol. The number of benzene rings is 2. The lowest BCUT2D eigenvalue weighted by Crippen LogP contribution is -2.47. The van der Waals surface area contributed by atoms with Crippen LogP contribution >= 0.6 is 0 Å². The number of nitrogens with zero attached hydrogens (tertiary/aromatic N) is 1. The summed E-state index contributed by atoms with van der Waals surface area (Å²) in [5.74, 6) is -0.957. The smallest absolute Gasteiger partial charge is 0.254 e. The van der Waals surface area contributed by atoms with E-state index in [1.54, 1.807) is 12.1 Å². The van der Waals surface area contributed by atoms with Crippen LogP contribution in [0.1, 0.15) is 15.9 Å². The van der Waals surface area contributed by atoms with Crippen LogP contribution in [0.3, 0.4) is 0 Å². The summed E-state index contributed by atoms with van der Waals surface area (Å²) in [6.45, 7) is 2.08. The first kappa shape index (κ1) is 16.0. The molecule has 0 spiro atoms. The molecule has 0 aromatic heterocycles. The van der Waals surface area contributed by atoms with Crippen molar-refractivity contribution in [2.45, 2.75) is 6.54 Å². The van der Waals surface area contributed by atoms with E-state index in [9.17, 15) is 14.0 Å². The van der Waals surface area contributed by atoms with Gasteiger partial charge in [0.1, 0.15) is 5.82 Å². The zero-order valence-corrected chi connectivity index (χ0v) is 13.1. The van der Waals surface area contributed by atoms with E-state index in [2.05, 4.69) is 10.6 Å². The zero-order valence-electron chi connectivity index (χ0n) is 13.1. The fourth-order valence-electron chi connectivity index (χ4n) is 2.61. The fourth-order valence-corrected chi connectivity index (χ4v) is 2.61. The quantitative estimate of drug-likeness (QED) is 0.898. The molecule has 1 saturated heterocycles. The van der Waals surface area contributed by atoms with Crippen LogP contribution in [0.15, 0.2) is 48.5 Å². The molecule has 124 valence electrons. The maximum Gasteiger partial charge on any atom is 0.254 e. The average molecular weight is 327 g/mol. The normalized spacial score (nSPS) is 14.2. The average Bonchev–Trinajstić information content (AvgIpc) is 2.60. The summed E-state index contributed by atoms with van der Waals surface area (Å²) < 4.78 is 13.6. The summed E-state index contributed by atoms with van der Waals surface area (Å²) in [7, 11) is 0. The Morgan fingerprint density at radius 1 is 1.17 bits per heavy atom. The Balaban J connectivity index is 1.59. The molecule has 1 heterocycles. The van der Waals surface area contributed by atoms with E-state index in [0.29, 0.717) is 19.6 Å². The maximum absolute atomic E-state index is 13.6. The summed E-state index contributed by atoms with van der Waals surface area (Å²) >= 11 is 0. The van der Waals surface area contributed by atoms with E-state index in [-0.39, 0.29) is 11.5 Å². The Hall–Kier alpha value is -2.89. The topological polar surface area (TPSA) is 61.4 Å². The van der Waals surface area contributed by atoms with E-state index in [1.807, 2.05) is 29.2 Å². The Morgan fingerprint density at radius 3 is 2.62 bits per heavy atom. The van der Waals surface area contributed by atoms with Crippen molar-refractivity contribution in [2.75, 3.05) is 24.5 Å². The van der Waals surface area contributed by atoms with Gasteiger partial charge in [-0.3, -0.25) is 9.59 Å². The molecule has 1 fully saturated rings. The van der Waals surface area contributed by atoms with Gasteiger partial charge in [0, 0.05) is 25.3 Å². The number of nitrogens with one attached hydrogen (secondary N) is 2. The first-order chi connectivity index (χ1) is 11.6. The molecular formula is C18H18FN3O2. The highest BCUT2D eigenvalue weighted by atomic mass is 19.1. The molecule has 2 aromatic carbocycles. The number of rotatable bonds is 4. The molecule has 2 N–H and O–H groups in total. The van der Waals surface area contributed by atoms with Gasteiger partial charge in [-0.1, -0.05) is 24.3 Å². The third-order valence-corrected chi connectivity index (χ3v) is 3.91. The largest absolute Gasteiger partial charge is 0.360 e. The highest BCUT2D eigenvalue weighted by molar-refractivity contribution is 5.94. The molecule has 2 aromatic rings. The number of hydrogen-bond donors (Lipinski definition) is 2. The van der Waals surface area contributed by atoms with Gasteiger partial charge in [-0.2, -0.15) is 0 Å². The number of carbonyl (C=O) groups excluding carboxylic acids is 2. The summed E-state index contributed by atoms with van der Waals surface area (Å²) in [4.78, 5) is 25.4. The SMILES string of the molecule is O=C1CN(c2ccc(CNC(=O)c3ccccc3F)cc2)CCN1. The number of hydrogen-bond acceptors (Lipinski definition) is 3. The van der Waals surface area contributed by atoms with E-state index in [1.165, 1.54) is 12.1 Å². The minimum atomic E-state index is -0.534. The molecule has 0 unspecified atom stereocenters. The molecule has 0 saturated carbocycles. The molecule has 3 rings (SSSR count). The lowest BCUT2D eigenvalue weighted by atomic mass is 10.1. The fraction of sp³-hybridized carbons (Fsp3) is 0.222. The molecule has 0 radical (unpaired) electrons. The molecule has 0 atom stereocenters. The predicted molar refractivity (Wildman–Crippen MR) is 89.2 cm³/mol. The first-order valence-corrected chi connectivity index (χ1v) is 7.77. The van der Waals surface area contributed by atoms with Gasteiger partial charge < -0.3 is 15.5 Å². The molecule has 24 heavy (non-hydrogen) atoms. The number of piperazine rings is 1. The summed E-state index contributed by atoms with van der Waals surface area (Å²) in [6, 6.07) is 13.5. The van der Waals surface area contributed by atoms with E-state index >= 15 is 0 Å². The van der Waals surface area contributed by atoms with Crippen LogP contribution in [0.25, 0.3) is 0 Å². The van der Waals surface area contributed by atoms with Crippen LogP contribution in [0.4, 0.5) is 10.1 Å². The molecule has 1 aliphatic heterocycles. The Bertz CT molecular complexity index is 746. The lowest BCUT2D eigenvalue weighted by Gasteiger charge is -2.28. The van der Waals surface area contributed by atoms with Crippen LogP contribution in [0, 0.1) is 5.82 Å². The van der Waals surface area contributed by atoms with Crippen molar-refractivity contribution in [3.05, 3.63) is 65.5 Å². The van der Waals surface area contributed by atoms with Gasteiger partial charge in [-0.05, 0) is 29.8 Å². The maximum atomic E-state index is 13.6. The summed E-state index contributed by atoms with van der Waals surface area (Å²) in [6.07, 6.45) is 0. The van der Waals surface area contributed by atoms with Gasteiger partial charge in [-0.15, -0.1) is 0 Å². The van der Waals surface area contributed by atoms with Crippen molar-refractivity contribution in [1.82, 2.24) is 10.6 Å². The number of carbonyl (C=O) groups is 2. The highest BCUT2D eigenvalue weighted by Gasteiger charge is 2.16. The lowest BCUT2D eigenvalue weighted by molar-refractivity contribution is -0.120. The zero-order chi connectivity index (χ0) is 16.9. The highest BCUT2D eigenvalue weighted by Crippen LogP contribution is 2.16. The second kappa shape index (κ2) is 7.12. The predicted octanol–water partition coefficient (Wildman–Crippen LogP) is 1.69. The van der Waals surface area contributed by atoms with E-state index in [0.717, 1.165) is 17.8 Å². The summed E-state index contributed by atoms with van der Waals surface area (Å²) in [5, 5.41) is 5.49. The van der Waals surface area contributed by atoms with Crippen LogP contribution in [0.5, 0.6) is 0 Å². The van der Waals surface area contributed by atoms with Crippen molar-refractivity contribution in [1.29, 1.82) is 0 Å². The van der Waals surface area contributed by atoms with E-state index in [4.69, 9.17) is 0 Å². The molecule has 1 aliphatic rings. The van der Waals surface area contributed by atoms with E-state index < -0.39 is 11.7 Å². The van der Waals surface area contributed by atoms with Gasteiger partial charge in [0.05, 0.1) is 12.1 Å². The molecule has 6 heteroatoms. The molecule has 2 amide bonds. The van der Waals surface area contributed by atoms with Gasteiger partial charge in [0.2, 0.25) is 5.91 Å². The van der Waals surface area contributed by atoms with Crippen molar-refractivity contribution < 1.29 is 14.0 Å². The standard InChI is InChI=1S/C18H18FN3O2/c19-16-4-2-1-3-15(16)18(24)21-11-13-5-7-14(8-6-13)22-10-9-20-17(23)12-22/h1-8H,9-12H2,(H,20,23)(H,21,24). The molecule has 5 nitrogen and oxygen atoms in total. The second-order valence-corrected chi connectivity index (χ2v) is 5.60. The number of amides is 2. The van der Waals surface area contributed by atoms with Crippen molar-refractivity contribution in [3.8, 4) is 0 Å². The van der Waals surface area contributed by atoms with Crippen molar-refractivity contribution in [3.63, 3.8) is 0 Å². The molecule has 0 bridgehead atoms.